The van der Waals surface area contributed by atoms with Crippen molar-refractivity contribution in [3.63, 3.8) is 0 Å². The van der Waals surface area contributed by atoms with Crippen LogP contribution in [-0.2, 0) is 5.54 Å². The molecule has 3 rings (SSSR count). The number of hydrogen-bond donors (Lipinski definition) is 0. The second-order valence-electron chi connectivity index (χ2n) is 5.61. The molecule has 3 aromatic rings. The highest BCUT2D eigenvalue weighted by Crippen LogP contribution is 2.28. The summed E-state index contributed by atoms with van der Waals surface area (Å²) in [6.45, 7) is 8.46. The average molecular weight is 272 g/mol. The first kappa shape index (κ1) is 12.3. The van der Waals surface area contributed by atoms with E-state index in [2.05, 4.69) is 58.7 Å². The van der Waals surface area contributed by atoms with Crippen LogP contribution in [0.25, 0.3) is 21.6 Å². The van der Waals surface area contributed by atoms with E-state index in [1.165, 1.54) is 4.70 Å². The van der Waals surface area contributed by atoms with Gasteiger partial charge in [-0.3, -0.25) is 0 Å². The zero-order valence-electron chi connectivity index (χ0n) is 11.5. The van der Waals surface area contributed by atoms with Crippen molar-refractivity contribution in [3.8, 4) is 11.4 Å². The van der Waals surface area contributed by atoms with Crippen molar-refractivity contribution >= 4 is 21.6 Å². The number of aryl methyl sites for hydroxylation is 1. The van der Waals surface area contributed by atoms with Gasteiger partial charge in [-0.25, -0.2) is 4.98 Å². The van der Waals surface area contributed by atoms with Crippen LogP contribution in [0.15, 0.2) is 24.5 Å². The Hall–Kier alpha value is -1.75. The van der Waals surface area contributed by atoms with Crippen LogP contribution < -0.4 is 0 Å². The van der Waals surface area contributed by atoms with Crippen molar-refractivity contribution in [3.05, 3.63) is 29.5 Å². The highest BCUT2D eigenvalue weighted by Gasteiger charge is 2.19. The van der Waals surface area contributed by atoms with E-state index < -0.39 is 0 Å². The summed E-state index contributed by atoms with van der Waals surface area (Å²) < 4.78 is 3.30. The van der Waals surface area contributed by atoms with Crippen molar-refractivity contribution in [2.24, 2.45) is 0 Å². The molecule has 19 heavy (non-hydrogen) atoms. The third-order valence-corrected chi connectivity index (χ3v) is 3.97. The fraction of sp³-hybridized carbons (Fsp3) is 0.357. The van der Waals surface area contributed by atoms with E-state index in [1.54, 1.807) is 17.7 Å². The number of hydrogen-bond acceptors (Lipinski definition) is 4. The van der Waals surface area contributed by atoms with E-state index in [4.69, 9.17) is 0 Å². The van der Waals surface area contributed by atoms with E-state index >= 15 is 0 Å². The van der Waals surface area contributed by atoms with Gasteiger partial charge < -0.3 is 4.57 Å². The van der Waals surface area contributed by atoms with Gasteiger partial charge in [0.2, 0.25) is 0 Å². The Bertz CT molecular complexity index is 733. The molecule has 0 saturated carbocycles. The highest BCUT2D eigenvalue weighted by atomic mass is 32.1. The first-order valence-electron chi connectivity index (χ1n) is 6.23. The summed E-state index contributed by atoms with van der Waals surface area (Å²) in [6, 6.07) is 6.29. The Labute approximate surface area is 116 Å². The van der Waals surface area contributed by atoms with Crippen LogP contribution >= 0.6 is 11.3 Å². The summed E-state index contributed by atoms with van der Waals surface area (Å²) >= 11 is 1.71. The monoisotopic (exact) mass is 272 g/mol. The number of benzene rings is 1. The van der Waals surface area contributed by atoms with E-state index in [1.807, 2.05) is 6.92 Å². The van der Waals surface area contributed by atoms with Gasteiger partial charge in [0.05, 0.1) is 15.2 Å². The zero-order valence-corrected chi connectivity index (χ0v) is 12.3. The predicted molar refractivity (Wildman–Crippen MR) is 78.4 cm³/mol. The van der Waals surface area contributed by atoms with Gasteiger partial charge in [-0.15, -0.1) is 21.5 Å². The Morgan fingerprint density at radius 3 is 2.74 bits per heavy atom. The van der Waals surface area contributed by atoms with Crippen LogP contribution in [0.5, 0.6) is 0 Å². The molecule has 0 saturated heterocycles. The molecular weight excluding hydrogens is 256 g/mol. The average Bonchev–Trinajstić information content (AvgIpc) is 2.90. The van der Waals surface area contributed by atoms with Gasteiger partial charge >= 0.3 is 0 Å². The Morgan fingerprint density at radius 1 is 1.21 bits per heavy atom. The molecule has 0 spiro atoms. The van der Waals surface area contributed by atoms with Gasteiger partial charge in [-0.05, 0) is 45.9 Å². The summed E-state index contributed by atoms with van der Waals surface area (Å²) in [6.07, 6.45) is 1.78. The van der Waals surface area contributed by atoms with E-state index in [-0.39, 0.29) is 5.54 Å². The molecule has 0 aliphatic carbocycles. The lowest BCUT2D eigenvalue weighted by atomic mass is 10.1. The number of nitrogens with zero attached hydrogens (tertiary/aromatic N) is 4. The molecule has 4 nitrogen and oxygen atoms in total. The van der Waals surface area contributed by atoms with Gasteiger partial charge in [-0.1, -0.05) is 0 Å². The largest absolute Gasteiger partial charge is 0.308 e. The maximum Gasteiger partial charge on any atom is 0.164 e. The molecular formula is C14H16N4S. The lowest BCUT2D eigenvalue weighted by Gasteiger charge is -2.22. The van der Waals surface area contributed by atoms with Crippen LogP contribution in [-0.4, -0.2) is 19.7 Å². The molecule has 1 aromatic carbocycles. The van der Waals surface area contributed by atoms with Gasteiger partial charge in [0, 0.05) is 11.1 Å². The number of rotatable bonds is 1. The van der Waals surface area contributed by atoms with Crippen molar-refractivity contribution < 1.29 is 0 Å². The van der Waals surface area contributed by atoms with E-state index in [0.29, 0.717) is 0 Å². The van der Waals surface area contributed by atoms with E-state index in [0.717, 1.165) is 21.9 Å². The lowest BCUT2D eigenvalue weighted by molar-refractivity contribution is 0.400. The van der Waals surface area contributed by atoms with Crippen LogP contribution in [0.3, 0.4) is 0 Å². The smallest absolute Gasteiger partial charge is 0.164 e. The summed E-state index contributed by atoms with van der Waals surface area (Å²) in [4.78, 5) is 4.54. The molecule has 0 bridgehead atoms. The molecule has 5 heteroatoms. The molecule has 0 aliphatic heterocycles. The molecule has 0 atom stereocenters. The number of aromatic nitrogens is 4. The molecule has 0 amide bonds. The van der Waals surface area contributed by atoms with Crippen LogP contribution in [0, 0.1) is 6.92 Å². The number of fused-ring (bicyclic) bond motifs is 1. The van der Waals surface area contributed by atoms with E-state index in [9.17, 15) is 0 Å². The fourth-order valence-electron chi connectivity index (χ4n) is 2.10. The fourth-order valence-corrected chi connectivity index (χ4v) is 2.91. The maximum absolute atomic E-state index is 4.54. The van der Waals surface area contributed by atoms with Gasteiger partial charge in [-0.2, -0.15) is 0 Å². The number of thiazole rings is 1. The normalized spacial score (nSPS) is 12.2. The standard InChI is InChI=1S/C14H16N4S/c1-9-16-11-7-10(5-6-12(11)19-9)13-17-15-8-18(13)14(2,3)4/h5-8H,1-4H3. The van der Waals surface area contributed by atoms with Gasteiger partial charge in [0.25, 0.3) is 0 Å². The first-order valence-corrected chi connectivity index (χ1v) is 7.05. The first-order chi connectivity index (χ1) is 8.95. The minimum Gasteiger partial charge on any atom is -0.308 e. The zero-order chi connectivity index (χ0) is 13.6. The molecule has 0 N–H and O–H groups in total. The highest BCUT2D eigenvalue weighted by molar-refractivity contribution is 7.18. The molecule has 0 unspecified atom stereocenters. The Kier molecular flexibility index (Phi) is 2.67. The molecule has 2 heterocycles. The summed E-state index contributed by atoms with van der Waals surface area (Å²) in [7, 11) is 0. The quantitative estimate of drug-likeness (QED) is 0.679. The third-order valence-electron chi connectivity index (χ3n) is 3.02. The maximum atomic E-state index is 4.54. The van der Waals surface area contributed by atoms with Crippen molar-refractivity contribution in [1.82, 2.24) is 19.7 Å². The third kappa shape index (κ3) is 2.14. The SMILES string of the molecule is Cc1nc2cc(-c3nncn3C(C)(C)C)ccc2s1. The molecule has 98 valence electrons. The van der Waals surface area contributed by atoms with Gasteiger partial charge in [0.1, 0.15) is 6.33 Å². The Morgan fingerprint density at radius 2 is 2.00 bits per heavy atom. The van der Waals surface area contributed by atoms with Crippen LogP contribution in [0.2, 0.25) is 0 Å². The molecule has 0 fully saturated rings. The second-order valence-corrected chi connectivity index (χ2v) is 6.85. The Balaban J connectivity index is 2.16. The molecule has 0 aliphatic rings. The van der Waals surface area contributed by atoms with Crippen molar-refractivity contribution in [1.29, 1.82) is 0 Å². The molecule has 2 aromatic heterocycles. The predicted octanol–water partition coefficient (Wildman–Crippen LogP) is 3.62. The van der Waals surface area contributed by atoms with Crippen LogP contribution in [0.1, 0.15) is 25.8 Å². The van der Waals surface area contributed by atoms with Crippen LogP contribution in [0.4, 0.5) is 0 Å². The summed E-state index contributed by atoms with van der Waals surface area (Å²) in [5.74, 6) is 0.889. The summed E-state index contributed by atoms with van der Waals surface area (Å²) in [5.41, 5.74) is 2.06. The topological polar surface area (TPSA) is 43.6 Å². The van der Waals surface area contributed by atoms with Crippen molar-refractivity contribution in [2.45, 2.75) is 33.2 Å². The second kappa shape index (κ2) is 4.13. The lowest BCUT2D eigenvalue weighted by Crippen LogP contribution is -2.21. The minimum atomic E-state index is -0.0359. The van der Waals surface area contributed by atoms with Gasteiger partial charge in [0.15, 0.2) is 5.82 Å². The minimum absolute atomic E-state index is 0.0359. The summed E-state index contributed by atoms with van der Waals surface area (Å²) in [5, 5.41) is 9.39. The van der Waals surface area contributed by atoms with Crippen molar-refractivity contribution in [2.75, 3.05) is 0 Å². The molecule has 0 radical (unpaired) electrons.